The summed E-state index contributed by atoms with van der Waals surface area (Å²) in [5, 5.41) is 12.5. The minimum absolute atomic E-state index is 0.410. The number of nitrogens with two attached hydrogens (primary N) is 1. The highest BCUT2D eigenvalue weighted by Crippen LogP contribution is 2.38. The average molecular weight is 218 g/mol. The number of aryl methyl sites for hydroxylation is 1. The summed E-state index contributed by atoms with van der Waals surface area (Å²) in [5.74, 6) is 0. The molecule has 2 N–H and O–H groups in total. The molecule has 6 nitrogen and oxygen atoms in total. The van der Waals surface area contributed by atoms with E-state index in [4.69, 9.17) is 5.73 Å². The SMILES string of the molecule is Cn1nccc1-c1c(CN)nnn1C1CC1. The summed E-state index contributed by atoms with van der Waals surface area (Å²) >= 11 is 0. The molecule has 1 aliphatic rings. The maximum absolute atomic E-state index is 5.70. The van der Waals surface area contributed by atoms with Crippen LogP contribution in [0.5, 0.6) is 0 Å². The van der Waals surface area contributed by atoms with Crippen molar-refractivity contribution in [3.05, 3.63) is 18.0 Å². The lowest BCUT2D eigenvalue weighted by Crippen LogP contribution is -2.06. The molecule has 1 fully saturated rings. The van der Waals surface area contributed by atoms with Crippen molar-refractivity contribution in [2.45, 2.75) is 25.4 Å². The second-order valence-corrected chi connectivity index (χ2v) is 4.10. The van der Waals surface area contributed by atoms with Crippen LogP contribution in [0.2, 0.25) is 0 Å². The normalized spacial score (nSPS) is 15.6. The number of hydrogen-bond donors (Lipinski definition) is 1. The van der Waals surface area contributed by atoms with Crippen molar-refractivity contribution < 1.29 is 0 Å². The zero-order valence-corrected chi connectivity index (χ0v) is 9.17. The highest BCUT2D eigenvalue weighted by Gasteiger charge is 2.29. The van der Waals surface area contributed by atoms with Gasteiger partial charge in [0, 0.05) is 19.8 Å². The van der Waals surface area contributed by atoms with Crippen molar-refractivity contribution in [1.82, 2.24) is 24.8 Å². The van der Waals surface area contributed by atoms with Gasteiger partial charge in [0.05, 0.1) is 11.7 Å². The van der Waals surface area contributed by atoms with E-state index in [1.54, 1.807) is 6.20 Å². The second kappa shape index (κ2) is 3.41. The third kappa shape index (κ3) is 1.34. The molecule has 0 saturated heterocycles. The second-order valence-electron chi connectivity index (χ2n) is 4.10. The van der Waals surface area contributed by atoms with E-state index in [1.165, 1.54) is 12.8 Å². The van der Waals surface area contributed by atoms with Crippen molar-refractivity contribution in [3.63, 3.8) is 0 Å². The maximum atomic E-state index is 5.70. The van der Waals surface area contributed by atoms with E-state index in [-0.39, 0.29) is 0 Å². The lowest BCUT2D eigenvalue weighted by molar-refractivity contribution is 0.611. The van der Waals surface area contributed by atoms with Crippen molar-refractivity contribution in [3.8, 4) is 11.4 Å². The molecule has 1 saturated carbocycles. The fourth-order valence-electron chi connectivity index (χ4n) is 1.91. The first-order valence-corrected chi connectivity index (χ1v) is 5.43. The van der Waals surface area contributed by atoms with Gasteiger partial charge in [-0.3, -0.25) is 4.68 Å². The molecule has 0 spiro atoms. The molecule has 0 bridgehead atoms. The Kier molecular flexibility index (Phi) is 2.03. The predicted molar refractivity (Wildman–Crippen MR) is 58.4 cm³/mol. The minimum Gasteiger partial charge on any atom is -0.325 e. The first-order chi connectivity index (χ1) is 7.81. The predicted octanol–water partition coefficient (Wildman–Crippen LogP) is 0.472. The summed E-state index contributed by atoms with van der Waals surface area (Å²) < 4.78 is 3.82. The Morgan fingerprint density at radius 1 is 1.50 bits per heavy atom. The molecule has 0 atom stereocenters. The Morgan fingerprint density at radius 3 is 2.88 bits per heavy atom. The molecule has 1 aliphatic carbocycles. The van der Waals surface area contributed by atoms with Gasteiger partial charge in [-0.25, -0.2) is 4.68 Å². The Morgan fingerprint density at radius 2 is 2.31 bits per heavy atom. The zero-order valence-electron chi connectivity index (χ0n) is 9.17. The number of hydrogen-bond acceptors (Lipinski definition) is 4. The molecule has 84 valence electrons. The lowest BCUT2D eigenvalue weighted by Gasteiger charge is -2.06. The van der Waals surface area contributed by atoms with Crippen LogP contribution in [0.25, 0.3) is 11.4 Å². The topological polar surface area (TPSA) is 74.6 Å². The molecule has 2 heterocycles. The molecular formula is C10H14N6. The fraction of sp³-hybridized carbons (Fsp3) is 0.500. The van der Waals surface area contributed by atoms with E-state index in [2.05, 4.69) is 15.4 Å². The van der Waals surface area contributed by atoms with E-state index in [0.717, 1.165) is 17.1 Å². The number of rotatable bonds is 3. The van der Waals surface area contributed by atoms with Gasteiger partial charge in [0.25, 0.3) is 0 Å². The van der Waals surface area contributed by atoms with Gasteiger partial charge < -0.3 is 5.73 Å². The highest BCUT2D eigenvalue weighted by atomic mass is 15.5. The molecule has 0 aliphatic heterocycles. The van der Waals surface area contributed by atoms with Crippen LogP contribution in [0, 0.1) is 0 Å². The van der Waals surface area contributed by atoms with Gasteiger partial charge >= 0.3 is 0 Å². The summed E-state index contributed by atoms with van der Waals surface area (Å²) in [4.78, 5) is 0. The summed E-state index contributed by atoms with van der Waals surface area (Å²) in [7, 11) is 1.92. The van der Waals surface area contributed by atoms with Crippen LogP contribution in [-0.4, -0.2) is 24.8 Å². The van der Waals surface area contributed by atoms with Crippen LogP contribution in [0.3, 0.4) is 0 Å². The van der Waals surface area contributed by atoms with E-state index in [1.807, 2.05) is 22.5 Å². The van der Waals surface area contributed by atoms with Gasteiger partial charge in [0.15, 0.2) is 0 Å². The average Bonchev–Trinajstić information content (AvgIpc) is 2.91. The Hall–Kier alpha value is -1.69. The summed E-state index contributed by atoms with van der Waals surface area (Å²) in [5.41, 5.74) is 8.58. The van der Waals surface area contributed by atoms with Gasteiger partial charge in [-0.2, -0.15) is 5.10 Å². The van der Waals surface area contributed by atoms with Crippen LogP contribution < -0.4 is 5.73 Å². The first kappa shape index (κ1) is 9.53. The van der Waals surface area contributed by atoms with E-state index < -0.39 is 0 Å². The summed E-state index contributed by atoms with van der Waals surface area (Å²) in [6.07, 6.45) is 4.14. The molecule has 3 rings (SSSR count). The Labute approximate surface area is 93.0 Å². The molecule has 0 aromatic carbocycles. The molecule has 2 aromatic heterocycles. The summed E-state index contributed by atoms with van der Waals surface area (Å²) in [6, 6.07) is 2.47. The molecule has 0 unspecified atom stereocenters. The minimum atomic E-state index is 0.410. The molecule has 0 amide bonds. The van der Waals surface area contributed by atoms with Crippen molar-refractivity contribution >= 4 is 0 Å². The molecule has 16 heavy (non-hydrogen) atoms. The van der Waals surface area contributed by atoms with Crippen LogP contribution in [0.1, 0.15) is 24.6 Å². The number of nitrogens with zero attached hydrogens (tertiary/aromatic N) is 5. The lowest BCUT2D eigenvalue weighted by atomic mass is 10.2. The van der Waals surface area contributed by atoms with Crippen LogP contribution in [0.4, 0.5) is 0 Å². The Balaban J connectivity index is 2.16. The van der Waals surface area contributed by atoms with Crippen LogP contribution in [0.15, 0.2) is 12.3 Å². The zero-order chi connectivity index (χ0) is 11.1. The third-order valence-electron chi connectivity index (χ3n) is 2.91. The molecule has 2 aromatic rings. The Bertz CT molecular complexity index is 507. The molecule has 0 radical (unpaired) electrons. The highest BCUT2D eigenvalue weighted by molar-refractivity contribution is 5.57. The van der Waals surface area contributed by atoms with Crippen molar-refractivity contribution in [2.24, 2.45) is 12.8 Å². The van der Waals surface area contributed by atoms with Crippen LogP contribution >= 0.6 is 0 Å². The quantitative estimate of drug-likeness (QED) is 0.812. The number of aromatic nitrogens is 5. The first-order valence-electron chi connectivity index (χ1n) is 5.43. The smallest absolute Gasteiger partial charge is 0.111 e. The summed E-state index contributed by atoms with van der Waals surface area (Å²) in [6.45, 7) is 0.410. The van der Waals surface area contributed by atoms with E-state index in [9.17, 15) is 0 Å². The third-order valence-corrected chi connectivity index (χ3v) is 2.91. The fourth-order valence-corrected chi connectivity index (χ4v) is 1.91. The van der Waals surface area contributed by atoms with Gasteiger partial charge in [-0.05, 0) is 18.9 Å². The van der Waals surface area contributed by atoms with Gasteiger partial charge in [-0.1, -0.05) is 5.21 Å². The van der Waals surface area contributed by atoms with E-state index in [0.29, 0.717) is 12.6 Å². The van der Waals surface area contributed by atoms with Crippen molar-refractivity contribution in [2.75, 3.05) is 0 Å². The molecule has 6 heteroatoms. The van der Waals surface area contributed by atoms with E-state index >= 15 is 0 Å². The maximum Gasteiger partial charge on any atom is 0.111 e. The monoisotopic (exact) mass is 218 g/mol. The van der Waals surface area contributed by atoms with Gasteiger partial charge in [-0.15, -0.1) is 5.10 Å². The van der Waals surface area contributed by atoms with Gasteiger partial charge in [0.2, 0.25) is 0 Å². The van der Waals surface area contributed by atoms with Gasteiger partial charge in [0.1, 0.15) is 11.4 Å². The van der Waals surface area contributed by atoms with Crippen molar-refractivity contribution in [1.29, 1.82) is 0 Å². The standard InChI is InChI=1S/C10H14N6/c1-15-9(4-5-12-15)10-8(6-11)13-14-16(10)7-2-3-7/h4-5,7H,2-3,6,11H2,1H3. The largest absolute Gasteiger partial charge is 0.325 e. The molecular weight excluding hydrogens is 204 g/mol. The van der Waals surface area contributed by atoms with Crippen LogP contribution in [-0.2, 0) is 13.6 Å².